The van der Waals surface area contributed by atoms with Gasteiger partial charge in [0.05, 0.1) is 0 Å². The van der Waals surface area contributed by atoms with Gasteiger partial charge in [-0.25, -0.2) is 0 Å². The van der Waals surface area contributed by atoms with Crippen LogP contribution in [0.25, 0.3) is 6.08 Å². The molecule has 0 atom stereocenters. The van der Waals surface area contributed by atoms with Gasteiger partial charge in [-0.15, -0.1) is 0 Å². The van der Waals surface area contributed by atoms with Gasteiger partial charge in [0.15, 0.2) is 0 Å². The third-order valence-electron chi connectivity index (χ3n) is 3.72. The largest absolute Gasteiger partial charge is 0.398 e. The molecule has 2 aromatic carbocycles. The summed E-state index contributed by atoms with van der Waals surface area (Å²) in [6.45, 7) is 8.34. The van der Waals surface area contributed by atoms with Crippen LogP contribution in [-0.2, 0) is 10.2 Å². The molecule has 0 heterocycles. The Labute approximate surface area is 138 Å². The van der Waals surface area contributed by atoms with Gasteiger partial charge in [-0.1, -0.05) is 51.1 Å². The van der Waals surface area contributed by atoms with Gasteiger partial charge in [-0.05, 0) is 47.2 Å². The van der Waals surface area contributed by atoms with E-state index in [0.717, 1.165) is 28.1 Å². The van der Waals surface area contributed by atoms with Gasteiger partial charge in [0, 0.05) is 17.5 Å². The lowest BCUT2D eigenvalue weighted by Gasteiger charge is -2.22. The van der Waals surface area contributed by atoms with Gasteiger partial charge in [-0.3, -0.25) is 4.79 Å². The molecule has 120 valence electrons. The highest BCUT2D eigenvalue weighted by Crippen LogP contribution is 2.29. The van der Waals surface area contributed by atoms with Crippen molar-refractivity contribution in [3.63, 3.8) is 0 Å². The Morgan fingerprint density at radius 1 is 1.13 bits per heavy atom. The van der Waals surface area contributed by atoms with Crippen molar-refractivity contribution in [2.45, 2.75) is 33.1 Å². The Kier molecular flexibility index (Phi) is 4.89. The lowest BCUT2D eigenvalue weighted by atomic mass is 9.86. The van der Waals surface area contributed by atoms with Crippen molar-refractivity contribution in [3.8, 4) is 0 Å². The molecule has 2 aromatic rings. The molecule has 1 amide bonds. The normalized spacial score (nSPS) is 11.7. The van der Waals surface area contributed by atoms with Gasteiger partial charge in [0.25, 0.3) is 0 Å². The van der Waals surface area contributed by atoms with Crippen LogP contribution in [0.15, 0.2) is 48.5 Å². The molecule has 3 heteroatoms. The molecule has 0 radical (unpaired) electrons. The smallest absolute Gasteiger partial charge is 0.248 e. The summed E-state index contributed by atoms with van der Waals surface area (Å²) in [5.41, 5.74) is 10.5. The minimum atomic E-state index is -0.152. The third kappa shape index (κ3) is 4.46. The van der Waals surface area contributed by atoms with Crippen molar-refractivity contribution in [2.75, 3.05) is 11.1 Å². The monoisotopic (exact) mass is 308 g/mol. The molecule has 0 bridgehead atoms. The summed E-state index contributed by atoms with van der Waals surface area (Å²) >= 11 is 0. The number of nitrogen functional groups attached to an aromatic ring is 1. The van der Waals surface area contributed by atoms with Gasteiger partial charge >= 0.3 is 0 Å². The second-order valence-electron chi connectivity index (χ2n) is 6.73. The van der Waals surface area contributed by atoms with Gasteiger partial charge in [0.1, 0.15) is 0 Å². The van der Waals surface area contributed by atoms with Crippen molar-refractivity contribution in [2.24, 2.45) is 0 Å². The number of amides is 1. The first kappa shape index (κ1) is 16.8. The maximum atomic E-state index is 12.2. The average molecular weight is 308 g/mol. The fourth-order valence-electron chi connectivity index (χ4n) is 2.36. The molecule has 0 spiro atoms. The highest BCUT2D eigenvalue weighted by Gasteiger charge is 2.17. The van der Waals surface area contributed by atoms with E-state index in [1.54, 1.807) is 6.08 Å². The zero-order chi connectivity index (χ0) is 17.0. The Morgan fingerprint density at radius 2 is 1.83 bits per heavy atom. The number of hydrogen-bond donors (Lipinski definition) is 2. The molecule has 0 aromatic heterocycles. The van der Waals surface area contributed by atoms with Crippen LogP contribution in [0.4, 0.5) is 11.4 Å². The lowest BCUT2D eigenvalue weighted by Crippen LogP contribution is -2.17. The molecule has 0 saturated heterocycles. The molecule has 0 saturated carbocycles. The zero-order valence-corrected chi connectivity index (χ0v) is 14.2. The molecule has 0 aliphatic rings. The Morgan fingerprint density at radius 3 is 2.48 bits per heavy atom. The van der Waals surface area contributed by atoms with Crippen LogP contribution in [0.3, 0.4) is 0 Å². The van der Waals surface area contributed by atoms with Crippen molar-refractivity contribution in [1.29, 1.82) is 0 Å². The number of para-hydroxylation sites is 1. The predicted molar refractivity (Wildman–Crippen MR) is 98.4 cm³/mol. The summed E-state index contributed by atoms with van der Waals surface area (Å²) in [7, 11) is 0. The summed E-state index contributed by atoms with van der Waals surface area (Å²) < 4.78 is 0. The molecule has 2 rings (SSSR count). The molecule has 23 heavy (non-hydrogen) atoms. The van der Waals surface area contributed by atoms with Gasteiger partial charge in [0.2, 0.25) is 5.91 Å². The molecular weight excluding hydrogens is 284 g/mol. The molecule has 0 aliphatic carbocycles. The Hall–Kier alpha value is -2.55. The van der Waals surface area contributed by atoms with Gasteiger partial charge < -0.3 is 11.1 Å². The van der Waals surface area contributed by atoms with Crippen molar-refractivity contribution < 1.29 is 4.79 Å². The molecule has 3 N–H and O–H groups in total. The second kappa shape index (κ2) is 6.69. The SMILES string of the molecule is Cc1ccc(/C=C/C(=O)Nc2ccccc2C(C)(C)C)cc1N. The second-order valence-corrected chi connectivity index (χ2v) is 6.73. The Bertz CT molecular complexity index is 740. The number of nitrogens with two attached hydrogens (primary N) is 1. The minimum absolute atomic E-state index is 0.0288. The van der Waals surface area contributed by atoms with Gasteiger partial charge in [-0.2, -0.15) is 0 Å². The highest BCUT2D eigenvalue weighted by molar-refractivity contribution is 6.02. The topological polar surface area (TPSA) is 55.1 Å². The summed E-state index contributed by atoms with van der Waals surface area (Å²) in [4.78, 5) is 12.2. The average Bonchev–Trinajstić information content (AvgIpc) is 2.48. The summed E-state index contributed by atoms with van der Waals surface area (Å²) in [6, 6.07) is 13.6. The number of carbonyl (C=O) groups excluding carboxylic acids is 1. The number of aryl methyl sites for hydroxylation is 1. The number of benzene rings is 2. The van der Waals surface area contributed by atoms with Crippen LogP contribution in [0, 0.1) is 6.92 Å². The molecule has 3 nitrogen and oxygen atoms in total. The van der Waals surface area contributed by atoms with Crippen LogP contribution in [0.5, 0.6) is 0 Å². The number of nitrogens with one attached hydrogen (secondary N) is 1. The van der Waals surface area contributed by atoms with E-state index in [1.807, 2.05) is 49.4 Å². The summed E-state index contributed by atoms with van der Waals surface area (Å²) in [5.74, 6) is -0.152. The lowest BCUT2D eigenvalue weighted by molar-refractivity contribution is -0.111. The highest BCUT2D eigenvalue weighted by atomic mass is 16.1. The van der Waals surface area contributed by atoms with E-state index < -0.39 is 0 Å². The van der Waals surface area contributed by atoms with Crippen LogP contribution in [0.1, 0.15) is 37.5 Å². The first-order chi connectivity index (χ1) is 10.8. The molecule has 0 aliphatic heterocycles. The van der Waals surface area contributed by atoms with E-state index in [9.17, 15) is 4.79 Å². The van der Waals surface area contributed by atoms with Crippen molar-refractivity contribution in [3.05, 3.63) is 65.2 Å². The maximum Gasteiger partial charge on any atom is 0.248 e. The molecule has 0 fully saturated rings. The molecular formula is C20H24N2O. The minimum Gasteiger partial charge on any atom is -0.398 e. The maximum absolute atomic E-state index is 12.2. The van der Waals surface area contributed by atoms with Crippen molar-refractivity contribution in [1.82, 2.24) is 0 Å². The number of rotatable bonds is 3. The number of anilines is 2. The fraction of sp³-hybridized carbons (Fsp3) is 0.250. The van der Waals surface area contributed by atoms with Crippen molar-refractivity contribution >= 4 is 23.4 Å². The van der Waals surface area contributed by atoms with Crippen LogP contribution in [-0.4, -0.2) is 5.91 Å². The molecule has 0 unspecified atom stereocenters. The number of hydrogen-bond acceptors (Lipinski definition) is 2. The van der Waals surface area contributed by atoms with E-state index in [2.05, 4.69) is 26.1 Å². The Balaban J connectivity index is 2.14. The summed E-state index contributed by atoms with van der Waals surface area (Å²) in [5, 5.41) is 2.96. The zero-order valence-electron chi connectivity index (χ0n) is 14.2. The van der Waals surface area contributed by atoms with E-state index in [0.29, 0.717) is 0 Å². The quantitative estimate of drug-likeness (QED) is 0.646. The first-order valence-electron chi connectivity index (χ1n) is 7.72. The van der Waals surface area contributed by atoms with E-state index >= 15 is 0 Å². The fourth-order valence-corrected chi connectivity index (χ4v) is 2.36. The van der Waals surface area contributed by atoms with E-state index in [-0.39, 0.29) is 11.3 Å². The van der Waals surface area contributed by atoms with E-state index in [1.165, 1.54) is 6.08 Å². The van der Waals surface area contributed by atoms with Crippen LogP contribution < -0.4 is 11.1 Å². The summed E-state index contributed by atoms with van der Waals surface area (Å²) in [6.07, 6.45) is 3.30. The standard InChI is InChI=1S/C20H24N2O/c1-14-9-10-15(13-17(14)21)11-12-19(23)22-18-8-6-5-7-16(18)20(2,3)4/h5-13H,21H2,1-4H3,(H,22,23)/b12-11+. The number of carbonyl (C=O) groups is 1. The predicted octanol–water partition coefficient (Wildman–Crippen LogP) is 4.53. The van der Waals surface area contributed by atoms with Crippen LogP contribution in [0.2, 0.25) is 0 Å². The van der Waals surface area contributed by atoms with Crippen LogP contribution >= 0.6 is 0 Å². The first-order valence-corrected chi connectivity index (χ1v) is 7.72. The van der Waals surface area contributed by atoms with E-state index in [4.69, 9.17) is 5.73 Å². The third-order valence-corrected chi connectivity index (χ3v) is 3.72.